The second-order valence-electron chi connectivity index (χ2n) is 4.64. The molecule has 21 heavy (non-hydrogen) atoms. The first-order valence-electron chi connectivity index (χ1n) is 6.83. The predicted molar refractivity (Wildman–Crippen MR) is 85.9 cm³/mol. The van der Waals surface area contributed by atoms with E-state index in [0.717, 1.165) is 17.5 Å². The molecule has 0 saturated heterocycles. The van der Waals surface area contributed by atoms with Crippen LogP contribution in [0.1, 0.15) is 30.5 Å². The first-order valence-corrected chi connectivity index (χ1v) is 7.21. The number of amides is 1. The van der Waals surface area contributed by atoms with Crippen LogP contribution in [0.15, 0.2) is 54.9 Å². The largest absolute Gasteiger partial charge is 0.346 e. The Kier molecular flexibility index (Phi) is 5.52. The number of carbonyl (C=O) groups is 1. The standard InChI is InChI=1S/C17H17ClN2O/c1-2-16(14-6-3-7-15(18)11-14)20-17(21)9-8-13-5-4-10-19-12-13/h3-12,16H,2H2,1H3,(H,20,21)/b9-8+. The number of rotatable bonds is 5. The zero-order valence-corrected chi connectivity index (χ0v) is 12.5. The summed E-state index contributed by atoms with van der Waals surface area (Å²) in [5.41, 5.74) is 1.90. The van der Waals surface area contributed by atoms with Gasteiger partial charge in [-0.2, -0.15) is 0 Å². The fourth-order valence-electron chi connectivity index (χ4n) is 2.01. The van der Waals surface area contributed by atoms with Crippen LogP contribution in [0.5, 0.6) is 0 Å². The zero-order chi connectivity index (χ0) is 15.1. The maximum atomic E-state index is 12.0. The van der Waals surface area contributed by atoms with Crippen LogP contribution >= 0.6 is 11.6 Å². The molecule has 0 aliphatic heterocycles. The highest BCUT2D eigenvalue weighted by Crippen LogP contribution is 2.20. The van der Waals surface area contributed by atoms with Gasteiger partial charge in [0.2, 0.25) is 5.91 Å². The third-order valence-corrected chi connectivity index (χ3v) is 3.32. The summed E-state index contributed by atoms with van der Waals surface area (Å²) >= 11 is 5.99. The minimum absolute atomic E-state index is 0.0465. The topological polar surface area (TPSA) is 42.0 Å². The first kappa shape index (κ1) is 15.3. The predicted octanol–water partition coefficient (Wildman–Crippen LogP) is 4.02. The van der Waals surface area contributed by atoms with Gasteiger partial charge in [-0.05, 0) is 41.8 Å². The Hall–Kier alpha value is -2.13. The number of nitrogens with one attached hydrogen (secondary N) is 1. The number of halogens is 1. The summed E-state index contributed by atoms with van der Waals surface area (Å²) in [5.74, 6) is -0.134. The normalized spacial score (nSPS) is 12.3. The molecular weight excluding hydrogens is 284 g/mol. The highest BCUT2D eigenvalue weighted by molar-refractivity contribution is 6.30. The monoisotopic (exact) mass is 300 g/mol. The number of pyridine rings is 1. The summed E-state index contributed by atoms with van der Waals surface area (Å²) in [5, 5.41) is 3.65. The number of carbonyl (C=O) groups excluding carboxylic acids is 1. The molecule has 2 rings (SSSR count). The number of hydrogen-bond donors (Lipinski definition) is 1. The van der Waals surface area contributed by atoms with Crippen LogP contribution in [0.4, 0.5) is 0 Å². The van der Waals surface area contributed by atoms with Crippen molar-refractivity contribution < 1.29 is 4.79 Å². The molecule has 108 valence electrons. The average molecular weight is 301 g/mol. The van der Waals surface area contributed by atoms with Crippen molar-refractivity contribution in [3.8, 4) is 0 Å². The third kappa shape index (κ3) is 4.72. The molecule has 4 heteroatoms. The van der Waals surface area contributed by atoms with Crippen molar-refractivity contribution >= 4 is 23.6 Å². The van der Waals surface area contributed by atoms with Crippen LogP contribution in [0.2, 0.25) is 5.02 Å². The summed E-state index contributed by atoms with van der Waals surface area (Å²) in [6.45, 7) is 2.02. The number of aromatic nitrogens is 1. The highest BCUT2D eigenvalue weighted by Gasteiger charge is 2.11. The van der Waals surface area contributed by atoms with Crippen molar-refractivity contribution in [3.63, 3.8) is 0 Å². The maximum absolute atomic E-state index is 12.0. The summed E-state index contributed by atoms with van der Waals surface area (Å²) in [4.78, 5) is 16.0. The van der Waals surface area contributed by atoms with E-state index in [-0.39, 0.29) is 11.9 Å². The van der Waals surface area contributed by atoms with Gasteiger partial charge in [0.15, 0.2) is 0 Å². The van der Waals surface area contributed by atoms with Crippen LogP contribution in [0.3, 0.4) is 0 Å². The molecule has 1 aromatic carbocycles. The summed E-state index contributed by atoms with van der Waals surface area (Å²) < 4.78 is 0. The SMILES string of the molecule is CCC(NC(=O)/C=C/c1cccnc1)c1cccc(Cl)c1. The quantitative estimate of drug-likeness (QED) is 0.848. The molecule has 0 fully saturated rings. The highest BCUT2D eigenvalue weighted by atomic mass is 35.5. The first-order chi connectivity index (χ1) is 10.2. The average Bonchev–Trinajstić information content (AvgIpc) is 2.51. The molecule has 0 aliphatic carbocycles. The molecule has 1 heterocycles. The van der Waals surface area contributed by atoms with Gasteiger partial charge in [-0.25, -0.2) is 0 Å². The van der Waals surface area contributed by atoms with Crippen molar-refractivity contribution in [1.29, 1.82) is 0 Å². The summed E-state index contributed by atoms with van der Waals surface area (Å²) in [6.07, 6.45) is 7.46. The van der Waals surface area contributed by atoms with E-state index in [1.807, 2.05) is 43.3 Å². The summed E-state index contributed by atoms with van der Waals surface area (Å²) in [6, 6.07) is 11.2. The lowest BCUT2D eigenvalue weighted by Gasteiger charge is -2.16. The second-order valence-corrected chi connectivity index (χ2v) is 5.08. The van der Waals surface area contributed by atoms with Gasteiger partial charge in [0.05, 0.1) is 6.04 Å². The molecule has 0 saturated carbocycles. The van der Waals surface area contributed by atoms with Crippen LogP contribution in [-0.2, 0) is 4.79 Å². The molecule has 0 aliphatic rings. The van der Waals surface area contributed by atoms with E-state index in [9.17, 15) is 4.79 Å². The molecule has 1 unspecified atom stereocenters. The smallest absolute Gasteiger partial charge is 0.244 e. The Balaban J connectivity index is 2.02. The van der Waals surface area contributed by atoms with Crippen LogP contribution < -0.4 is 5.32 Å². The van der Waals surface area contributed by atoms with Crippen molar-refractivity contribution in [2.75, 3.05) is 0 Å². The van der Waals surface area contributed by atoms with Gasteiger partial charge < -0.3 is 5.32 Å². The Morgan fingerprint density at radius 3 is 2.90 bits per heavy atom. The second kappa shape index (κ2) is 7.60. The fraction of sp³-hybridized carbons (Fsp3) is 0.176. The Morgan fingerprint density at radius 1 is 1.38 bits per heavy atom. The van der Waals surface area contributed by atoms with E-state index in [0.29, 0.717) is 5.02 Å². The lowest BCUT2D eigenvalue weighted by Crippen LogP contribution is -2.26. The van der Waals surface area contributed by atoms with Crippen molar-refractivity contribution in [2.24, 2.45) is 0 Å². The number of hydrogen-bond acceptors (Lipinski definition) is 2. The van der Waals surface area contributed by atoms with Crippen molar-refractivity contribution in [1.82, 2.24) is 10.3 Å². The molecule has 1 amide bonds. The molecule has 1 atom stereocenters. The Bertz CT molecular complexity index is 626. The van der Waals surface area contributed by atoms with E-state index >= 15 is 0 Å². The van der Waals surface area contributed by atoms with E-state index in [2.05, 4.69) is 10.3 Å². The van der Waals surface area contributed by atoms with E-state index in [1.165, 1.54) is 6.08 Å². The molecule has 3 nitrogen and oxygen atoms in total. The molecular formula is C17H17ClN2O. The van der Waals surface area contributed by atoms with Crippen LogP contribution in [-0.4, -0.2) is 10.9 Å². The molecule has 2 aromatic rings. The fourth-order valence-corrected chi connectivity index (χ4v) is 2.21. The van der Waals surface area contributed by atoms with Gasteiger partial charge in [-0.1, -0.05) is 36.7 Å². The van der Waals surface area contributed by atoms with Gasteiger partial charge in [-0.3, -0.25) is 9.78 Å². The lowest BCUT2D eigenvalue weighted by atomic mass is 10.0. The molecule has 0 radical (unpaired) electrons. The van der Waals surface area contributed by atoms with Gasteiger partial charge >= 0.3 is 0 Å². The van der Waals surface area contributed by atoms with Gasteiger partial charge in [-0.15, -0.1) is 0 Å². The Morgan fingerprint density at radius 2 is 2.24 bits per heavy atom. The van der Waals surface area contributed by atoms with Crippen molar-refractivity contribution in [3.05, 3.63) is 71.0 Å². The lowest BCUT2D eigenvalue weighted by molar-refractivity contribution is -0.117. The number of nitrogens with zero attached hydrogens (tertiary/aromatic N) is 1. The molecule has 1 aromatic heterocycles. The van der Waals surface area contributed by atoms with Gasteiger partial charge in [0, 0.05) is 23.5 Å². The molecule has 0 spiro atoms. The van der Waals surface area contributed by atoms with Gasteiger partial charge in [0.1, 0.15) is 0 Å². The van der Waals surface area contributed by atoms with Gasteiger partial charge in [0.25, 0.3) is 0 Å². The third-order valence-electron chi connectivity index (χ3n) is 3.09. The van der Waals surface area contributed by atoms with E-state index < -0.39 is 0 Å². The molecule has 0 bridgehead atoms. The van der Waals surface area contributed by atoms with Crippen molar-refractivity contribution in [2.45, 2.75) is 19.4 Å². The molecule has 1 N–H and O–H groups in total. The zero-order valence-electron chi connectivity index (χ0n) is 11.8. The summed E-state index contributed by atoms with van der Waals surface area (Å²) in [7, 11) is 0. The van der Waals surface area contributed by atoms with E-state index in [4.69, 9.17) is 11.6 Å². The number of benzene rings is 1. The Labute approximate surface area is 129 Å². The van der Waals surface area contributed by atoms with Crippen LogP contribution in [0.25, 0.3) is 6.08 Å². The maximum Gasteiger partial charge on any atom is 0.244 e. The van der Waals surface area contributed by atoms with Crippen LogP contribution in [0, 0.1) is 0 Å². The van der Waals surface area contributed by atoms with E-state index in [1.54, 1.807) is 18.5 Å². The minimum atomic E-state index is -0.134. The minimum Gasteiger partial charge on any atom is -0.346 e.